The summed E-state index contributed by atoms with van der Waals surface area (Å²) in [5.41, 5.74) is 1.40. The maximum atomic E-state index is 14.2. The molecule has 0 radical (unpaired) electrons. The third-order valence-corrected chi connectivity index (χ3v) is 4.38. The number of morpholine rings is 1. The van der Waals surface area contributed by atoms with Gasteiger partial charge in [0.1, 0.15) is 5.52 Å². The minimum Gasteiger partial charge on any atom is -0.480 e. The molecular weight excluding hydrogens is 344 g/mol. The molecule has 1 saturated heterocycles. The highest BCUT2D eigenvalue weighted by Gasteiger charge is 2.25. The standard InChI is InChI=1S/C18H21F2N3O3/c1-11-7-15(13-3-4-14(19)17(20)18(13)21-11)23-5-6-26-12(9-23)8-22(2)10-16(24)25/h3-4,7,12H,5-6,8-10H2,1-2H3,(H,24,25). The van der Waals surface area contributed by atoms with Crippen molar-refractivity contribution in [3.8, 4) is 0 Å². The van der Waals surface area contributed by atoms with Crippen LogP contribution >= 0.6 is 0 Å². The maximum absolute atomic E-state index is 14.2. The number of hydrogen-bond donors (Lipinski definition) is 1. The molecule has 26 heavy (non-hydrogen) atoms. The Morgan fingerprint density at radius 3 is 2.96 bits per heavy atom. The molecule has 6 nitrogen and oxygen atoms in total. The minimum atomic E-state index is -0.946. The first kappa shape index (κ1) is 18.5. The number of carboxylic acid groups (broad SMARTS) is 1. The summed E-state index contributed by atoms with van der Waals surface area (Å²) in [7, 11) is 1.72. The number of likely N-dealkylation sites (N-methyl/N-ethyl adjacent to an activating group) is 1. The summed E-state index contributed by atoms with van der Waals surface area (Å²) in [4.78, 5) is 18.7. The monoisotopic (exact) mass is 365 g/mol. The number of halogens is 2. The summed E-state index contributed by atoms with van der Waals surface area (Å²) >= 11 is 0. The van der Waals surface area contributed by atoms with Crippen LogP contribution in [0.2, 0.25) is 0 Å². The van der Waals surface area contributed by atoms with Crippen LogP contribution in [-0.2, 0) is 9.53 Å². The molecule has 1 aromatic carbocycles. The molecule has 2 aromatic rings. The van der Waals surface area contributed by atoms with Crippen molar-refractivity contribution in [3.05, 3.63) is 35.5 Å². The molecule has 0 bridgehead atoms. The minimum absolute atomic E-state index is 0.0195. The molecule has 1 N–H and O–H groups in total. The number of aliphatic carboxylic acids is 1. The lowest BCUT2D eigenvalue weighted by atomic mass is 10.1. The number of nitrogens with zero attached hydrogens (tertiary/aromatic N) is 3. The molecule has 0 saturated carbocycles. The quantitative estimate of drug-likeness (QED) is 0.875. The van der Waals surface area contributed by atoms with Crippen molar-refractivity contribution in [2.45, 2.75) is 13.0 Å². The number of pyridine rings is 1. The summed E-state index contributed by atoms with van der Waals surface area (Å²) in [5, 5.41) is 9.42. The van der Waals surface area contributed by atoms with E-state index in [0.717, 1.165) is 11.8 Å². The second-order valence-electron chi connectivity index (χ2n) is 6.57. The Bertz CT molecular complexity index is 831. The molecule has 1 aliphatic rings. The summed E-state index contributed by atoms with van der Waals surface area (Å²) in [6, 6.07) is 4.50. The van der Waals surface area contributed by atoms with Gasteiger partial charge in [0.15, 0.2) is 11.6 Å². The fourth-order valence-corrected chi connectivity index (χ4v) is 3.29. The average Bonchev–Trinajstić information content (AvgIpc) is 2.57. The van der Waals surface area contributed by atoms with E-state index in [0.29, 0.717) is 37.3 Å². The fraction of sp³-hybridized carbons (Fsp3) is 0.444. The lowest BCUT2D eigenvalue weighted by molar-refractivity contribution is -0.138. The number of carbonyl (C=O) groups is 1. The number of benzene rings is 1. The first-order valence-corrected chi connectivity index (χ1v) is 8.37. The van der Waals surface area contributed by atoms with Gasteiger partial charge < -0.3 is 14.7 Å². The van der Waals surface area contributed by atoms with Gasteiger partial charge in [-0.25, -0.2) is 13.8 Å². The lowest BCUT2D eigenvalue weighted by Crippen LogP contribution is -2.47. The molecule has 3 rings (SSSR count). The van der Waals surface area contributed by atoms with Crippen molar-refractivity contribution in [1.82, 2.24) is 9.88 Å². The third-order valence-electron chi connectivity index (χ3n) is 4.38. The topological polar surface area (TPSA) is 65.9 Å². The van der Waals surface area contributed by atoms with E-state index < -0.39 is 17.6 Å². The molecule has 1 unspecified atom stereocenters. The largest absolute Gasteiger partial charge is 0.480 e. The zero-order valence-electron chi connectivity index (χ0n) is 14.7. The maximum Gasteiger partial charge on any atom is 0.317 e. The summed E-state index contributed by atoms with van der Waals surface area (Å²) in [6.07, 6.45) is -0.179. The Hall–Kier alpha value is -2.32. The van der Waals surface area contributed by atoms with E-state index >= 15 is 0 Å². The van der Waals surface area contributed by atoms with Gasteiger partial charge in [0.2, 0.25) is 0 Å². The van der Waals surface area contributed by atoms with Crippen LogP contribution < -0.4 is 4.90 Å². The van der Waals surface area contributed by atoms with Crippen molar-refractivity contribution in [1.29, 1.82) is 0 Å². The zero-order valence-corrected chi connectivity index (χ0v) is 14.7. The number of aryl methyl sites for hydroxylation is 1. The van der Waals surface area contributed by atoms with E-state index in [1.807, 2.05) is 6.07 Å². The van der Waals surface area contributed by atoms with Crippen molar-refractivity contribution in [3.63, 3.8) is 0 Å². The molecule has 1 atom stereocenters. The van der Waals surface area contributed by atoms with E-state index in [2.05, 4.69) is 9.88 Å². The number of fused-ring (bicyclic) bond motifs is 1. The van der Waals surface area contributed by atoms with E-state index in [1.54, 1.807) is 18.9 Å². The Morgan fingerprint density at radius 2 is 2.23 bits per heavy atom. The number of rotatable bonds is 5. The van der Waals surface area contributed by atoms with E-state index in [-0.39, 0.29) is 18.2 Å². The number of anilines is 1. The van der Waals surface area contributed by atoms with Crippen LogP contribution in [0.25, 0.3) is 10.9 Å². The van der Waals surface area contributed by atoms with Gasteiger partial charge in [-0.15, -0.1) is 0 Å². The predicted molar refractivity (Wildman–Crippen MR) is 93.5 cm³/mol. The van der Waals surface area contributed by atoms with Crippen molar-refractivity contribution in [2.24, 2.45) is 0 Å². The van der Waals surface area contributed by atoms with Crippen LogP contribution in [-0.4, -0.2) is 66.9 Å². The zero-order chi connectivity index (χ0) is 18.8. The number of aromatic nitrogens is 1. The average molecular weight is 365 g/mol. The van der Waals surface area contributed by atoms with E-state index in [9.17, 15) is 13.6 Å². The number of carboxylic acids is 1. The summed E-state index contributed by atoms with van der Waals surface area (Å²) < 4.78 is 33.5. The van der Waals surface area contributed by atoms with Crippen molar-refractivity contribution in [2.75, 3.05) is 44.7 Å². The first-order chi connectivity index (χ1) is 12.3. The Balaban J connectivity index is 1.86. The van der Waals surface area contributed by atoms with Crippen LogP contribution in [0.1, 0.15) is 5.69 Å². The fourth-order valence-electron chi connectivity index (χ4n) is 3.29. The molecule has 0 spiro atoms. The van der Waals surface area contributed by atoms with Gasteiger partial charge in [-0.2, -0.15) is 0 Å². The lowest BCUT2D eigenvalue weighted by Gasteiger charge is -2.36. The second kappa shape index (κ2) is 7.51. The van der Waals surface area contributed by atoms with E-state index in [1.165, 1.54) is 6.07 Å². The number of hydrogen-bond acceptors (Lipinski definition) is 5. The van der Waals surface area contributed by atoms with Crippen molar-refractivity contribution >= 4 is 22.6 Å². The van der Waals surface area contributed by atoms with Crippen LogP contribution in [0.5, 0.6) is 0 Å². The van der Waals surface area contributed by atoms with Gasteiger partial charge in [0.05, 0.1) is 19.3 Å². The molecule has 2 heterocycles. The Labute approximate surface area is 150 Å². The van der Waals surface area contributed by atoms with Gasteiger partial charge in [-0.05, 0) is 32.2 Å². The molecule has 0 aliphatic carbocycles. The molecular formula is C18H21F2N3O3. The summed E-state index contributed by atoms with van der Waals surface area (Å²) in [5.74, 6) is -2.76. The Morgan fingerprint density at radius 1 is 1.46 bits per heavy atom. The van der Waals surface area contributed by atoms with Gasteiger partial charge in [0, 0.05) is 36.4 Å². The van der Waals surface area contributed by atoms with Crippen molar-refractivity contribution < 1.29 is 23.4 Å². The highest BCUT2D eigenvalue weighted by molar-refractivity contribution is 5.92. The molecule has 140 valence electrons. The highest BCUT2D eigenvalue weighted by Crippen LogP contribution is 2.30. The van der Waals surface area contributed by atoms with Gasteiger partial charge in [0.25, 0.3) is 0 Å². The molecule has 1 fully saturated rings. The molecule has 1 aromatic heterocycles. The van der Waals surface area contributed by atoms with Crippen LogP contribution in [0.15, 0.2) is 18.2 Å². The normalized spacial score (nSPS) is 17.9. The Kier molecular flexibility index (Phi) is 5.33. The van der Waals surface area contributed by atoms with Crippen LogP contribution in [0.3, 0.4) is 0 Å². The van der Waals surface area contributed by atoms with Gasteiger partial charge >= 0.3 is 5.97 Å². The first-order valence-electron chi connectivity index (χ1n) is 8.37. The smallest absolute Gasteiger partial charge is 0.317 e. The highest BCUT2D eigenvalue weighted by atomic mass is 19.2. The molecule has 1 aliphatic heterocycles. The third kappa shape index (κ3) is 3.91. The van der Waals surface area contributed by atoms with Crippen LogP contribution in [0.4, 0.5) is 14.5 Å². The summed E-state index contributed by atoms with van der Waals surface area (Å²) in [6.45, 7) is 3.75. The predicted octanol–water partition coefficient (Wildman–Crippen LogP) is 2.04. The number of ether oxygens (including phenoxy) is 1. The second-order valence-corrected chi connectivity index (χ2v) is 6.57. The molecule has 8 heteroatoms. The van der Waals surface area contributed by atoms with Gasteiger partial charge in [-0.3, -0.25) is 9.69 Å². The molecule has 0 amide bonds. The van der Waals surface area contributed by atoms with Gasteiger partial charge in [-0.1, -0.05) is 0 Å². The van der Waals surface area contributed by atoms with E-state index in [4.69, 9.17) is 9.84 Å². The SMILES string of the molecule is Cc1cc(N2CCOC(CN(C)CC(=O)O)C2)c2ccc(F)c(F)c2n1. The van der Waals surface area contributed by atoms with Crippen LogP contribution in [0, 0.1) is 18.6 Å².